The van der Waals surface area contributed by atoms with Gasteiger partial charge in [0.05, 0.1) is 5.56 Å². The van der Waals surface area contributed by atoms with E-state index in [0.29, 0.717) is 13.1 Å². The third kappa shape index (κ3) is 6.29. The van der Waals surface area contributed by atoms with Gasteiger partial charge in [-0.25, -0.2) is 9.59 Å². The van der Waals surface area contributed by atoms with Gasteiger partial charge in [0.25, 0.3) is 0 Å². The summed E-state index contributed by atoms with van der Waals surface area (Å²) in [7, 11) is 1.72. The highest BCUT2D eigenvalue weighted by molar-refractivity contribution is 5.87. The lowest BCUT2D eigenvalue weighted by atomic mass is 9.92. The molecule has 0 spiro atoms. The summed E-state index contributed by atoms with van der Waals surface area (Å²) in [5, 5.41) is 11.7. The zero-order valence-corrected chi connectivity index (χ0v) is 13.1. The van der Waals surface area contributed by atoms with Crippen LogP contribution >= 0.6 is 0 Å². The SMILES string of the molecule is CN(Cc1ccc(C(=O)O)cc1)C(=O)NCCC(C)(C)C. The van der Waals surface area contributed by atoms with Crippen LogP contribution in [0, 0.1) is 5.41 Å². The molecule has 0 saturated heterocycles. The van der Waals surface area contributed by atoms with Gasteiger partial charge in [0.15, 0.2) is 0 Å². The summed E-state index contributed by atoms with van der Waals surface area (Å²) in [6.07, 6.45) is 0.917. The van der Waals surface area contributed by atoms with Crippen LogP contribution in [-0.4, -0.2) is 35.6 Å². The van der Waals surface area contributed by atoms with Gasteiger partial charge in [-0.1, -0.05) is 32.9 Å². The van der Waals surface area contributed by atoms with Crippen LogP contribution < -0.4 is 5.32 Å². The minimum atomic E-state index is -0.949. The van der Waals surface area contributed by atoms with Crippen molar-refractivity contribution in [1.29, 1.82) is 0 Å². The van der Waals surface area contributed by atoms with Crippen molar-refractivity contribution >= 4 is 12.0 Å². The average molecular weight is 292 g/mol. The van der Waals surface area contributed by atoms with Gasteiger partial charge in [-0.15, -0.1) is 0 Å². The van der Waals surface area contributed by atoms with Crippen molar-refractivity contribution in [3.05, 3.63) is 35.4 Å². The Morgan fingerprint density at radius 1 is 1.19 bits per heavy atom. The largest absolute Gasteiger partial charge is 0.478 e. The minimum Gasteiger partial charge on any atom is -0.478 e. The summed E-state index contributed by atoms with van der Waals surface area (Å²) < 4.78 is 0. The number of benzene rings is 1. The van der Waals surface area contributed by atoms with E-state index in [0.717, 1.165) is 12.0 Å². The van der Waals surface area contributed by atoms with Crippen LogP contribution in [0.1, 0.15) is 43.1 Å². The zero-order valence-electron chi connectivity index (χ0n) is 13.1. The summed E-state index contributed by atoms with van der Waals surface area (Å²) in [4.78, 5) is 24.3. The number of amides is 2. The molecule has 5 nitrogen and oxygen atoms in total. The second kappa shape index (κ2) is 7.11. The molecule has 0 atom stereocenters. The lowest BCUT2D eigenvalue weighted by Gasteiger charge is -2.21. The summed E-state index contributed by atoms with van der Waals surface area (Å²) in [6.45, 7) is 7.48. The monoisotopic (exact) mass is 292 g/mol. The number of nitrogens with one attached hydrogen (secondary N) is 1. The van der Waals surface area contributed by atoms with E-state index in [2.05, 4.69) is 26.1 Å². The number of hydrogen-bond donors (Lipinski definition) is 2. The van der Waals surface area contributed by atoms with Crippen molar-refractivity contribution in [2.24, 2.45) is 5.41 Å². The fourth-order valence-corrected chi connectivity index (χ4v) is 1.78. The van der Waals surface area contributed by atoms with Gasteiger partial charge >= 0.3 is 12.0 Å². The topological polar surface area (TPSA) is 69.6 Å². The predicted octanol–water partition coefficient (Wildman–Crippen LogP) is 2.96. The molecule has 1 rings (SSSR count). The molecule has 0 unspecified atom stereocenters. The lowest BCUT2D eigenvalue weighted by Crippen LogP contribution is -2.38. The quantitative estimate of drug-likeness (QED) is 0.876. The first-order chi connectivity index (χ1) is 9.69. The number of carboxylic acids is 1. The van der Waals surface area contributed by atoms with Gasteiger partial charge in [-0.3, -0.25) is 0 Å². The Kier molecular flexibility index (Phi) is 5.76. The van der Waals surface area contributed by atoms with Gasteiger partial charge < -0.3 is 15.3 Å². The Balaban J connectivity index is 2.46. The van der Waals surface area contributed by atoms with Crippen LogP contribution in [-0.2, 0) is 6.54 Å². The van der Waals surface area contributed by atoms with Gasteiger partial charge in [0.1, 0.15) is 0 Å². The molecule has 1 aromatic rings. The van der Waals surface area contributed by atoms with Crippen molar-refractivity contribution in [1.82, 2.24) is 10.2 Å². The van der Waals surface area contributed by atoms with E-state index in [1.54, 1.807) is 36.2 Å². The maximum absolute atomic E-state index is 11.9. The third-order valence-corrected chi connectivity index (χ3v) is 3.12. The molecule has 2 N–H and O–H groups in total. The molecular weight excluding hydrogens is 268 g/mol. The summed E-state index contributed by atoms with van der Waals surface area (Å²) in [6, 6.07) is 6.41. The number of rotatable bonds is 5. The number of carboxylic acid groups (broad SMARTS) is 1. The van der Waals surface area contributed by atoms with Gasteiger partial charge in [0.2, 0.25) is 0 Å². The first-order valence-corrected chi connectivity index (χ1v) is 7.00. The van der Waals surface area contributed by atoms with Crippen LogP contribution in [0.5, 0.6) is 0 Å². The number of carbonyl (C=O) groups excluding carboxylic acids is 1. The van der Waals surface area contributed by atoms with E-state index in [1.807, 2.05) is 0 Å². The molecule has 0 heterocycles. The van der Waals surface area contributed by atoms with E-state index in [-0.39, 0.29) is 17.0 Å². The summed E-state index contributed by atoms with van der Waals surface area (Å²) in [5.74, 6) is -0.949. The Bertz CT molecular complexity index is 489. The van der Waals surface area contributed by atoms with Crippen molar-refractivity contribution in [2.45, 2.75) is 33.7 Å². The van der Waals surface area contributed by atoms with Crippen molar-refractivity contribution in [3.8, 4) is 0 Å². The average Bonchev–Trinajstić information content (AvgIpc) is 2.37. The van der Waals surface area contributed by atoms with Gasteiger partial charge in [-0.2, -0.15) is 0 Å². The molecule has 0 fully saturated rings. The van der Waals surface area contributed by atoms with Crippen LogP contribution in [0.3, 0.4) is 0 Å². The first kappa shape index (κ1) is 17.0. The number of carbonyl (C=O) groups is 2. The molecule has 0 aliphatic rings. The summed E-state index contributed by atoms with van der Waals surface area (Å²) >= 11 is 0. The number of nitrogens with zero attached hydrogens (tertiary/aromatic N) is 1. The van der Waals surface area contributed by atoms with Crippen LogP contribution in [0.25, 0.3) is 0 Å². The second-order valence-corrected chi connectivity index (χ2v) is 6.40. The second-order valence-electron chi connectivity index (χ2n) is 6.40. The Labute approximate surface area is 126 Å². The molecule has 0 saturated carbocycles. The maximum Gasteiger partial charge on any atom is 0.335 e. The molecule has 116 valence electrons. The number of hydrogen-bond acceptors (Lipinski definition) is 2. The standard InChI is InChI=1S/C16H24N2O3/c1-16(2,3)9-10-17-15(21)18(4)11-12-5-7-13(8-6-12)14(19)20/h5-8H,9-11H2,1-4H3,(H,17,21)(H,19,20). The van der Waals surface area contributed by atoms with E-state index in [4.69, 9.17) is 5.11 Å². The molecule has 0 aromatic heterocycles. The van der Waals surface area contributed by atoms with E-state index < -0.39 is 5.97 Å². The number of aromatic carboxylic acids is 1. The lowest BCUT2D eigenvalue weighted by molar-refractivity contribution is 0.0697. The summed E-state index contributed by atoms with van der Waals surface area (Å²) in [5.41, 5.74) is 1.34. The van der Waals surface area contributed by atoms with Crippen molar-refractivity contribution in [2.75, 3.05) is 13.6 Å². The Morgan fingerprint density at radius 2 is 1.76 bits per heavy atom. The highest BCUT2D eigenvalue weighted by Gasteiger charge is 2.13. The molecule has 5 heteroatoms. The van der Waals surface area contributed by atoms with Crippen molar-refractivity contribution < 1.29 is 14.7 Å². The Morgan fingerprint density at radius 3 is 2.24 bits per heavy atom. The van der Waals surface area contributed by atoms with Crippen LogP contribution in [0.2, 0.25) is 0 Å². The maximum atomic E-state index is 11.9. The molecule has 21 heavy (non-hydrogen) atoms. The zero-order chi connectivity index (χ0) is 16.0. The van der Waals surface area contributed by atoms with Gasteiger partial charge in [-0.05, 0) is 29.5 Å². The molecule has 0 aliphatic heterocycles. The molecule has 0 bridgehead atoms. The van der Waals surface area contributed by atoms with E-state index in [9.17, 15) is 9.59 Å². The molecule has 2 amide bonds. The molecule has 0 radical (unpaired) electrons. The minimum absolute atomic E-state index is 0.124. The van der Waals surface area contributed by atoms with Crippen molar-refractivity contribution in [3.63, 3.8) is 0 Å². The molecular formula is C16H24N2O3. The van der Waals surface area contributed by atoms with E-state index >= 15 is 0 Å². The van der Waals surface area contributed by atoms with E-state index in [1.165, 1.54) is 0 Å². The highest BCUT2D eigenvalue weighted by atomic mass is 16.4. The molecule has 0 aliphatic carbocycles. The fourth-order valence-electron chi connectivity index (χ4n) is 1.78. The predicted molar refractivity (Wildman–Crippen MR) is 82.3 cm³/mol. The Hall–Kier alpha value is -2.04. The fraction of sp³-hybridized carbons (Fsp3) is 0.500. The first-order valence-electron chi connectivity index (χ1n) is 7.00. The van der Waals surface area contributed by atoms with Crippen LogP contribution in [0.15, 0.2) is 24.3 Å². The number of urea groups is 1. The smallest absolute Gasteiger partial charge is 0.335 e. The molecule has 1 aromatic carbocycles. The van der Waals surface area contributed by atoms with Crippen LogP contribution in [0.4, 0.5) is 4.79 Å². The third-order valence-electron chi connectivity index (χ3n) is 3.12. The normalized spacial score (nSPS) is 11.0. The highest BCUT2D eigenvalue weighted by Crippen LogP contribution is 2.17. The van der Waals surface area contributed by atoms with Gasteiger partial charge in [0, 0.05) is 20.1 Å².